The van der Waals surface area contributed by atoms with Gasteiger partial charge in [-0.05, 0) is 36.4 Å². The Kier molecular flexibility index (Phi) is 4.70. The highest BCUT2D eigenvalue weighted by Crippen LogP contribution is 2.34. The Morgan fingerprint density at radius 2 is 1.81 bits per heavy atom. The number of nitrogens with one attached hydrogen (secondary N) is 1. The van der Waals surface area contributed by atoms with Crippen molar-refractivity contribution in [3.63, 3.8) is 0 Å². The summed E-state index contributed by atoms with van der Waals surface area (Å²) in [6.07, 6.45) is 0. The van der Waals surface area contributed by atoms with Crippen LogP contribution in [0.5, 0.6) is 11.5 Å². The number of carbonyl (C=O) groups excluding carboxylic acids is 3. The Hall–Kier alpha value is -3.66. The number of hydrogen-bond acceptors (Lipinski definition) is 8. The van der Waals surface area contributed by atoms with Gasteiger partial charge in [-0.25, -0.2) is 4.90 Å². The van der Waals surface area contributed by atoms with E-state index in [9.17, 15) is 14.4 Å². The zero-order valence-electron chi connectivity index (χ0n) is 16.0. The van der Waals surface area contributed by atoms with Crippen molar-refractivity contribution < 1.29 is 23.9 Å². The van der Waals surface area contributed by atoms with Crippen LogP contribution >= 0.6 is 11.6 Å². The first-order chi connectivity index (χ1) is 15.0. The number of imide groups is 1. The average molecular weight is 442 g/mol. The molecule has 3 amide bonds. The van der Waals surface area contributed by atoms with E-state index in [4.69, 9.17) is 21.1 Å². The number of fused-ring (bicyclic) bond motifs is 2. The van der Waals surface area contributed by atoms with Crippen LogP contribution in [0.1, 0.15) is 0 Å². The maximum Gasteiger partial charge on any atom is 0.263 e. The van der Waals surface area contributed by atoms with E-state index in [0.29, 0.717) is 41.1 Å². The predicted octanol–water partition coefficient (Wildman–Crippen LogP) is 2.04. The Labute approximate surface area is 181 Å². The molecule has 0 spiro atoms. The van der Waals surface area contributed by atoms with Crippen LogP contribution in [0.4, 0.5) is 11.4 Å². The van der Waals surface area contributed by atoms with Gasteiger partial charge < -0.3 is 14.8 Å². The fraction of sp³-hybridized carbons (Fsp3) is 0.250. The second-order valence-electron chi connectivity index (χ2n) is 7.09. The number of carbonyl (C=O) groups is 3. The average Bonchev–Trinajstić information content (AvgIpc) is 3.28. The molecule has 0 aliphatic carbocycles. The first-order valence-corrected chi connectivity index (χ1v) is 9.89. The Balaban J connectivity index is 1.28. The molecule has 0 saturated carbocycles. The SMILES string of the molecule is O=C(CN1N=N[C@H]2C(=O)N(c3ccc(Cl)cc3)C(=O)[C@@H]21)Nc1ccc2c(c1)OCCO2. The van der Waals surface area contributed by atoms with Crippen molar-refractivity contribution in [1.29, 1.82) is 0 Å². The molecule has 0 bridgehead atoms. The van der Waals surface area contributed by atoms with Crippen LogP contribution in [0.3, 0.4) is 0 Å². The molecule has 3 aliphatic rings. The molecule has 1 saturated heterocycles. The molecule has 5 rings (SSSR count). The van der Waals surface area contributed by atoms with Gasteiger partial charge in [-0.1, -0.05) is 16.8 Å². The molecule has 0 radical (unpaired) electrons. The molecule has 3 aliphatic heterocycles. The van der Waals surface area contributed by atoms with Gasteiger partial charge in [0.1, 0.15) is 19.8 Å². The second-order valence-corrected chi connectivity index (χ2v) is 7.52. The Morgan fingerprint density at radius 3 is 2.58 bits per heavy atom. The Bertz CT molecular complexity index is 1110. The fourth-order valence-electron chi connectivity index (χ4n) is 3.67. The van der Waals surface area contributed by atoms with Crippen LogP contribution in [-0.4, -0.2) is 54.6 Å². The van der Waals surface area contributed by atoms with Crippen molar-refractivity contribution in [1.82, 2.24) is 5.01 Å². The van der Waals surface area contributed by atoms with Crippen molar-refractivity contribution in [2.24, 2.45) is 10.3 Å². The van der Waals surface area contributed by atoms with Crippen LogP contribution in [0.2, 0.25) is 5.02 Å². The monoisotopic (exact) mass is 441 g/mol. The third kappa shape index (κ3) is 3.44. The van der Waals surface area contributed by atoms with Crippen molar-refractivity contribution in [2.45, 2.75) is 12.1 Å². The van der Waals surface area contributed by atoms with Crippen molar-refractivity contribution in [2.75, 3.05) is 30.0 Å². The summed E-state index contributed by atoms with van der Waals surface area (Å²) < 4.78 is 11.0. The number of ether oxygens (including phenoxy) is 2. The number of anilines is 2. The zero-order chi connectivity index (χ0) is 21.5. The van der Waals surface area contributed by atoms with Crippen molar-refractivity contribution >= 4 is 40.7 Å². The summed E-state index contributed by atoms with van der Waals surface area (Å²) in [6.45, 7) is 0.662. The van der Waals surface area contributed by atoms with Crippen LogP contribution in [0.25, 0.3) is 0 Å². The van der Waals surface area contributed by atoms with Gasteiger partial charge in [0.15, 0.2) is 23.6 Å². The summed E-state index contributed by atoms with van der Waals surface area (Å²) in [5, 5.41) is 12.2. The minimum Gasteiger partial charge on any atom is -0.486 e. The molecule has 158 valence electrons. The number of hydrogen-bond donors (Lipinski definition) is 1. The third-order valence-corrected chi connectivity index (χ3v) is 5.33. The molecule has 2 aromatic rings. The maximum atomic E-state index is 12.9. The minimum absolute atomic E-state index is 0.243. The highest BCUT2D eigenvalue weighted by Gasteiger charge is 2.55. The second kappa shape index (κ2) is 7.55. The van der Waals surface area contributed by atoms with Crippen LogP contribution in [0, 0.1) is 0 Å². The van der Waals surface area contributed by atoms with E-state index in [2.05, 4.69) is 15.7 Å². The predicted molar refractivity (Wildman–Crippen MR) is 109 cm³/mol. The van der Waals surface area contributed by atoms with E-state index in [-0.39, 0.29) is 6.54 Å². The summed E-state index contributed by atoms with van der Waals surface area (Å²) >= 11 is 5.88. The summed E-state index contributed by atoms with van der Waals surface area (Å²) in [7, 11) is 0. The molecular weight excluding hydrogens is 426 g/mol. The van der Waals surface area contributed by atoms with Gasteiger partial charge in [-0.15, -0.1) is 0 Å². The minimum atomic E-state index is -0.981. The molecule has 11 heteroatoms. The van der Waals surface area contributed by atoms with E-state index in [1.807, 2.05) is 0 Å². The highest BCUT2D eigenvalue weighted by atomic mass is 35.5. The van der Waals surface area contributed by atoms with Gasteiger partial charge in [0, 0.05) is 16.8 Å². The maximum absolute atomic E-state index is 12.9. The molecule has 0 unspecified atom stereocenters. The van der Waals surface area contributed by atoms with Crippen molar-refractivity contribution in [3.05, 3.63) is 47.5 Å². The molecule has 3 heterocycles. The summed E-state index contributed by atoms with van der Waals surface area (Å²) in [5.41, 5.74) is 0.906. The van der Waals surface area contributed by atoms with Gasteiger partial charge in [0.05, 0.1) is 5.69 Å². The van der Waals surface area contributed by atoms with E-state index in [1.54, 1.807) is 42.5 Å². The lowest BCUT2D eigenvalue weighted by atomic mass is 10.1. The summed E-state index contributed by atoms with van der Waals surface area (Å²) in [6, 6.07) is 9.44. The van der Waals surface area contributed by atoms with Gasteiger partial charge in [-0.2, -0.15) is 5.11 Å². The fourth-order valence-corrected chi connectivity index (χ4v) is 3.79. The largest absolute Gasteiger partial charge is 0.486 e. The molecular formula is C20H16ClN5O5. The lowest BCUT2D eigenvalue weighted by molar-refractivity contribution is -0.123. The van der Waals surface area contributed by atoms with Crippen LogP contribution < -0.4 is 19.7 Å². The number of nitrogens with zero attached hydrogens (tertiary/aromatic N) is 4. The first-order valence-electron chi connectivity index (χ1n) is 9.51. The number of amides is 3. The van der Waals surface area contributed by atoms with Gasteiger partial charge in [-0.3, -0.25) is 19.4 Å². The van der Waals surface area contributed by atoms with Crippen LogP contribution in [0.15, 0.2) is 52.8 Å². The molecule has 31 heavy (non-hydrogen) atoms. The number of rotatable bonds is 4. The highest BCUT2D eigenvalue weighted by molar-refractivity contribution is 6.31. The molecule has 2 aromatic carbocycles. The van der Waals surface area contributed by atoms with Crippen LogP contribution in [-0.2, 0) is 14.4 Å². The molecule has 0 aromatic heterocycles. The lowest BCUT2D eigenvalue weighted by Crippen LogP contribution is -2.43. The molecule has 2 atom stereocenters. The zero-order valence-corrected chi connectivity index (χ0v) is 16.8. The van der Waals surface area contributed by atoms with Gasteiger partial charge in [0.2, 0.25) is 5.91 Å². The topological polar surface area (TPSA) is 113 Å². The van der Waals surface area contributed by atoms with E-state index >= 15 is 0 Å². The smallest absolute Gasteiger partial charge is 0.263 e. The van der Waals surface area contributed by atoms with Gasteiger partial charge >= 0.3 is 0 Å². The normalized spacial score (nSPS) is 21.5. The van der Waals surface area contributed by atoms with E-state index < -0.39 is 29.8 Å². The molecule has 1 fully saturated rings. The van der Waals surface area contributed by atoms with Crippen molar-refractivity contribution in [3.8, 4) is 11.5 Å². The molecule has 1 N–H and O–H groups in total. The van der Waals surface area contributed by atoms with E-state index in [1.165, 1.54) is 5.01 Å². The lowest BCUT2D eigenvalue weighted by Gasteiger charge is -2.21. The van der Waals surface area contributed by atoms with E-state index in [0.717, 1.165) is 4.90 Å². The summed E-state index contributed by atoms with van der Waals surface area (Å²) in [4.78, 5) is 39.3. The third-order valence-electron chi connectivity index (χ3n) is 5.07. The standard InChI is InChI=1S/C20H16ClN5O5/c21-11-1-4-13(5-2-11)26-19(28)17-18(20(26)29)25(24-23-17)10-16(27)22-12-3-6-14-15(9-12)31-8-7-30-14/h1-6,9,17-18H,7-8,10H2,(H,22,27)/t17-,18-/m1/s1. The summed E-state index contributed by atoms with van der Waals surface area (Å²) in [5.74, 6) is -0.246. The molecule has 10 nitrogen and oxygen atoms in total. The first kappa shape index (κ1) is 19.3. The Morgan fingerprint density at radius 1 is 1.06 bits per heavy atom. The quantitative estimate of drug-likeness (QED) is 0.726. The number of halogens is 1. The van der Waals surface area contributed by atoms with Gasteiger partial charge in [0.25, 0.3) is 11.8 Å². The number of benzene rings is 2.